The van der Waals surface area contributed by atoms with Crippen LogP contribution in [-0.2, 0) is 14.8 Å². The Morgan fingerprint density at radius 3 is 2.16 bits per heavy atom. The molecule has 0 saturated heterocycles. The van der Waals surface area contributed by atoms with E-state index in [0.717, 1.165) is 15.4 Å². The molecule has 6 nitrogen and oxygen atoms in total. The van der Waals surface area contributed by atoms with Crippen molar-refractivity contribution >= 4 is 27.8 Å². The molecule has 3 aromatic carbocycles. The Morgan fingerprint density at radius 1 is 0.903 bits per heavy atom. The lowest BCUT2D eigenvalue weighted by atomic mass is 10.00. The van der Waals surface area contributed by atoms with Crippen molar-refractivity contribution in [3.05, 3.63) is 95.1 Å². The number of hydrazone groups is 1. The van der Waals surface area contributed by atoms with Crippen LogP contribution in [-0.4, -0.2) is 27.1 Å². The van der Waals surface area contributed by atoms with Crippen molar-refractivity contribution in [2.75, 3.05) is 10.8 Å². The van der Waals surface area contributed by atoms with Crippen LogP contribution in [0.4, 0.5) is 5.69 Å². The highest BCUT2D eigenvalue weighted by atomic mass is 32.2. The Morgan fingerprint density at radius 2 is 1.52 bits per heavy atom. The molecular weight excluding hydrogens is 410 g/mol. The van der Waals surface area contributed by atoms with Crippen LogP contribution >= 0.6 is 0 Å². The quantitative estimate of drug-likeness (QED) is 0.451. The number of hydrogen-bond donors (Lipinski definition) is 1. The molecule has 0 bridgehead atoms. The first kappa shape index (κ1) is 22.2. The predicted molar refractivity (Wildman–Crippen MR) is 124 cm³/mol. The lowest BCUT2D eigenvalue weighted by Crippen LogP contribution is -2.39. The van der Waals surface area contributed by atoms with Crippen LogP contribution in [0.15, 0.2) is 82.8 Å². The van der Waals surface area contributed by atoms with E-state index < -0.39 is 22.5 Å². The monoisotopic (exact) mass is 435 g/mol. The number of hydrogen-bond acceptors (Lipinski definition) is 4. The topological polar surface area (TPSA) is 78.8 Å². The van der Waals surface area contributed by atoms with Gasteiger partial charge in [-0.25, -0.2) is 13.8 Å². The second-order valence-electron chi connectivity index (χ2n) is 7.18. The van der Waals surface area contributed by atoms with E-state index in [4.69, 9.17) is 0 Å². The van der Waals surface area contributed by atoms with E-state index in [1.807, 2.05) is 32.9 Å². The summed E-state index contributed by atoms with van der Waals surface area (Å²) >= 11 is 0. The second-order valence-corrected chi connectivity index (χ2v) is 9.04. The van der Waals surface area contributed by atoms with Crippen molar-refractivity contribution in [2.45, 2.75) is 25.7 Å². The number of carbonyl (C=O) groups is 1. The van der Waals surface area contributed by atoms with Crippen molar-refractivity contribution in [1.82, 2.24) is 5.43 Å². The second kappa shape index (κ2) is 9.57. The van der Waals surface area contributed by atoms with Crippen molar-refractivity contribution < 1.29 is 13.2 Å². The molecule has 0 aliphatic carbocycles. The molecule has 0 spiro atoms. The molecule has 0 aromatic heterocycles. The first-order valence-electron chi connectivity index (χ1n) is 9.82. The smallest absolute Gasteiger partial charge is 0.264 e. The minimum Gasteiger partial charge on any atom is -0.271 e. The third-order valence-electron chi connectivity index (χ3n) is 5.16. The summed E-state index contributed by atoms with van der Waals surface area (Å²) in [5, 5.41) is 4.03. The summed E-state index contributed by atoms with van der Waals surface area (Å²) < 4.78 is 27.4. The zero-order valence-corrected chi connectivity index (χ0v) is 18.6. The first-order valence-corrected chi connectivity index (χ1v) is 11.3. The van der Waals surface area contributed by atoms with Crippen molar-refractivity contribution in [2.24, 2.45) is 5.10 Å². The number of nitrogens with zero attached hydrogens (tertiary/aromatic N) is 2. The molecule has 0 aliphatic heterocycles. The van der Waals surface area contributed by atoms with Crippen LogP contribution in [0.3, 0.4) is 0 Å². The lowest BCUT2D eigenvalue weighted by molar-refractivity contribution is -0.119. The van der Waals surface area contributed by atoms with Gasteiger partial charge < -0.3 is 0 Å². The fourth-order valence-corrected chi connectivity index (χ4v) is 4.53. The highest BCUT2D eigenvalue weighted by Gasteiger charge is 2.26. The highest BCUT2D eigenvalue weighted by Crippen LogP contribution is 2.23. The number of amides is 1. The molecule has 0 radical (unpaired) electrons. The number of anilines is 1. The van der Waals surface area contributed by atoms with Gasteiger partial charge in [-0.05, 0) is 67.3 Å². The average molecular weight is 436 g/mol. The van der Waals surface area contributed by atoms with Gasteiger partial charge in [-0.15, -0.1) is 0 Å². The molecule has 0 saturated carbocycles. The summed E-state index contributed by atoms with van der Waals surface area (Å²) in [6, 6.07) is 20.5. The lowest BCUT2D eigenvalue weighted by Gasteiger charge is -2.23. The Labute approximate surface area is 183 Å². The number of sulfonamides is 1. The van der Waals surface area contributed by atoms with E-state index >= 15 is 0 Å². The van der Waals surface area contributed by atoms with E-state index in [9.17, 15) is 13.2 Å². The molecule has 160 valence electrons. The molecule has 0 aliphatic rings. The minimum atomic E-state index is -3.92. The molecule has 7 heteroatoms. The van der Waals surface area contributed by atoms with Crippen molar-refractivity contribution in [1.29, 1.82) is 0 Å². The SMILES string of the molecule is Cc1ccc(/C=N\NC(=O)CN(c2ccccc2)S(=O)(=O)c2ccccc2)c(C)c1C. The number of benzene rings is 3. The van der Waals surface area contributed by atoms with Crippen LogP contribution in [0, 0.1) is 20.8 Å². The van der Waals surface area contributed by atoms with Crippen LogP contribution in [0.1, 0.15) is 22.3 Å². The number of para-hydroxylation sites is 1. The Hall–Kier alpha value is -3.45. The van der Waals surface area contributed by atoms with E-state index in [1.54, 1.807) is 54.7 Å². The number of aryl methyl sites for hydroxylation is 1. The molecule has 3 aromatic rings. The van der Waals surface area contributed by atoms with Gasteiger partial charge in [0.2, 0.25) is 0 Å². The molecule has 0 fully saturated rings. The van der Waals surface area contributed by atoms with Crippen LogP contribution in [0.2, 0.25) is 0 Å². The van der Waals surface area contributed by atoms with E-state index in [-0.39, 0.29) is 4.90 Å². The highest BCUT2D eigenvalue weighted by molar-refractivity contribution is 7.92. The fourth-order valence-electron chi connectivity index (χ4n) is 3.09. The zero-order chi connectivity index (χ0) is 22.4. The van der Waals surface area contributed by atoms with Crippen molar-refractivity contribution in [3.63, 3.8) is 0 Å². The van der Waals surface area contributed by atoms with E-state index in [1.165, 1.54) is 23.3 Å². The summed E-state index contributed by atoms with van der Waals surface area (Å²) in [6.45, 7) is 5.67. The van der Waals surface area contributed by atoms with Gasteiger partial charge in [0, 0.05) is 0 Å². The maximum absolute atomic E-state index is 13.2. The molecule has 1 N–H and O–H groups in total. The maximum atomic E-state index is 13.2. The van der Waals surface area contributed by atoms with Gasteiger partial charge in [-0.3, -0.25) is 9.10 Å². The summed E-state index contributed by atoms with van der Waals surface area (Å²) in [5.74, 6) is -0.541. The predicted octanol–water partition coefficient (Wildman–Crippen LogP) is 3.96. The minimum absolute atomic E-state index is 0.112. The fraction of sp³-hybridized carbons (Fsp3) is 0.167. The van der Waals surface area contributed by atoms with Crippen LogP contribution in [0.5, 0.6) is 0 Å². The van der Waals surface area contributed by atoms with Gasteiger partial charge in [-0.2, -0.15) is 5.10 Å². The Balaban J connectivity index is 1.81. The van der Waals surface area contributed by atoms with Crippen LogP contribution < -0.4 is 9.73 Å². The van der Waals surface area contributed by atoms with Gasteiger partial charge in [0.25, 0.3) is 15.9 Å². The molecule has 0 atom stereocenters. The summed E-state index contributed by atoms with van der Waals surface area (Å²) in [6.07, 6.45) is 1.57. The molecule has 31 heavy (non-hydrogen) atoms. The van der Waals surface area contributed by atoms with Crippen molar-refractivity contribution in [3.8, 4) is 0 Å². The van der Waals surface area contributed by atoms with E-state index in [2.05, 4.69) is 10.5 Å². The normalized spacial score (nSPS) is 11.5. The molecule has 3 rings (SSSR count). The zero-order valence-electron chi connectivity index (χ0n) is 17.7. The van der Waals surface area contributed by atoms with Crippen LogP contribution in [0.25, 0.3) is 0 Å². The Bertz CT molecular complexity index is 1190. The summed E-state index contributed by atoms with van der Waals surface area (Å²) in [7, 11) is -3.92. The van der Waals surface area contributed by atoms with Gasteiger partial charge >= 0.3 is 0 Å². The number of nitrogens with one attached hydrogen (secondary N) is 1. The summed E-state index contributed by atoms with van der Waals surface area (Å²) in [5.41, 5.74) is 7.16. The van der Waals surface area contributed by atoms with Gasteiger partial charge in [-0.1, -0.05) is 48.5 Å². The Kier molecular flexibility index (Phi) is 6.87. The molecule has 0 unspecified atom stereocenters. The third kappa shape index (κ3) is 5.19. The standard InChI is InChI=1S/C24H25N3O3S/c1-18-14-15-21(20(3)19(18)2)16-25-26-24(28)17-27(22-10-6-4-7-11-22)31(29,30)23-12-8-5-9-13-23/h4-16H,17H2,1-3H3,(H,26,28)/b25-16-. The van der Waals surface area contributed by atoms with Gasteiger partial charge in [0.15, 0.2) is 0 Å². The molecular formula is C24H25N3O3S. The average Bonchev–Trinajstić information content (AvgIpc) is 2.78. The van der Waals surface area contributed by atoms with Gasteiger partial charge in [0.05, 0.1) is 16.8 Å². The number of rotatable bonds is 7. The maximum Gasteiger partial charge on any atom is 0.264 e. The number of carbonyl (C=O) groups excluding carboxylic acids is 1. The molecule has 0 heterocycles. The summed E-state index contributed by atoms with van der Waals surface area (Å²) in [4.78, 5) is 12.7. The van der Waals surface area contributed by atoms with Gasteiger partial charge in [0.1, 0.15) is 6.54 Å². The van der Waals surface area contributed by atoms with E-state index in [0.29, 0.717) is 5.69 Å². The molecule has 1 amide bonds. The largest absolute Gasteiger partial charge is 0.271 e. The first-order chi connectivity index (χ1) is 14.8. The third-order valence-corrected chi connectivity index (χ3v) is 6.94.